The molecule has 0 aromatic carbocycles. The van der Waals surface area contributed by atoms with Gasteiger partial charge in [0.15, 0.2) is 0 Å². The van der Waals surface area contributed by atoms with Gasteiger partial charge in [0.05, 0.1) is 0 Å². The third kappa shape index (κ3) is 4.30. The van der Waals surface area contributed by atoms with Crippen molar-refractivity contribution in [3.8, 4) is 0 Å². The van der Waals surface area contributed by atoms with Gasteiger partial charge >= 0.3 is 0 Å². The number of halogens is 1. The van der Waals surface area contributed by atoms with Gasteiger partial charge in [-0.1, -0.05) is 54.3 Å². The zero-order chi connectivity index (χ0) is 9.68. The SMILES string of the molecule is CCC1CCCC(/C=C/C(C)Br)C1. The molecule has 0 spiro atoms. The summed E-state index contributed by atoms with van der Waals surface area (Å²) in [7, 11) is 0. The van der Waals surface area contributed by atoms with Crippen LogP contribution in [0.1, 0.15) is 46.0 Å². The van der Waals surface area contributed by atoms with Crippen molar-refractivity contribution < 1.29 is 0 Å². The molecule has 0 bridgehead atoms. The van der Waals surface area contributed by atoms with Crippen molar-refractivity contribution >= 4 is 15.9 Å². The lowest BCUT2D eigenvalue weighted by Gasteiger charge is -2.26. The Hall–Kier alpha value is 0.220. The van der Waals surface area contributed by atoms with Gasteiger partial charge in [0.2, 0.25) is 0 Å². The molecule has 1 aliphatic carbocycles. The molecule has 0 saturated heterocycles. The lowest BCUT2D eigenvalue weighted by molar-refractivity contribution is 0.297. The molecular formula is C12H21Br. The minimum atomic E-state index is 0.537. The molecule has 13 heavy (non-hydrogen) atoms. The maximum Gasteiger partial charge on any atom is 0.0297 e. The molecule has 1 aliphatic rings. The summed E-state index contributed by atoms with van der Waals surface area (Å²) >= 11 is 3.55. The average molecular weight is 245 g/mol. The van der Waals surface area contributed by atoms with Crippen LogP contribution in [0.4, 0.5) is 0 Å². The molecule has 3 atom stereocenters. The summed E-state index contributed by atoms with van der Waals surface area (Å²) < 4.78 is 0. The summed E-state index contributed by atoms with van der Waals surface area (Å²) in [6, 6.07) is 0. The van der Waals surface area contributed by atoms with Crippen molar-refractivity contribution in [2.24, 2.45) is 11.8 Å². The molecule has 1 heteroatoms. The summed E-state index contributed by atoms with van der Waals surface area (Å²) in [6.07, 6.45) is 11.8. The Bertz CT molecular complexity index is 161. The molecule has 0 aliphatic heterocycles. The summed E-state index contributed by atoms with van der Waals surface area (Å²) in [5.74, 6) is 1.85. The topological polar surface area (TPSA) is 0 Å². The predicted octanol–water partition coefficient (Wildman–Crippen LogP) is 4.54. The number of allylic oxidation sites excluding steroid dienone is 2. The van der Waals surface area contributed by atoms with Gasteiger partial charge in [-0.15, -0.1) is 0 Å². The van der Waals surface area contributed by atoms with Crippen LogP contribution in [-0.4, -0.2) is 4.83 Å². The van der Waals surface area contributed by atoms with Crippen LogP contribution < -0.4 is 0 Å². The number of hydrogen-bond acceptors (Lipinski definition) is 0. The average Bonchev–Trinajstić information content (AvgIpc) is 2.15. The van der Waals surface area contributed by atoms with E-state index in [-0.39, 0.29) is 0 Å². The molecular weight excluding hydrogens is 224 g/mol. The number of rotatable bonds is 3. The van der Waals surface area contributed by atoms with Crippen LogP contribution in [0.3, 0.4) is 0 Å². The molecule has 0 heterocycles. The second kappa shape index (κ2) is 5.85. The summed E-state index contributed by atoms with van der Waals surface area (Å²) in [6.45, 7) is 4.50. The monoisotopic (exact) mass is 244 g/mol. The van der Waals surface area contributed by atoms with E-state index < -0.39 is 0 Å². The molecule has 0 aromatic heterocycles. The van der Waals surface area contributed by atoms with Gasteiger partial charge in [-0.05, 0) is 31.6 Å². The summed E-state index contributed by atoms with van der Waals surface area (Å²) in [5.41, 5.74) is 0. The summed E-state index contributed by atoms with van der Waals surface area (Å²) in [5, 5.41) is 0. The van der Waals surface area contributed by atoms with Crippen molar-refractivity contribution in [2.75, 3.05) is 0 Å². The Morgan fingerprint density at radius 1 is 1.46 bits per heavy atom. The third-order valence-electron chi connectivity index (χ3n) is 3.05. The first-order valence-electron chi connectivity index (χ1n) is 5.54. The highest BCUT2D eigenvalue weighted by molar-refractivity contribution is 9.09. The molecule has 1 fully saturated rings. The third-order valence-corrected chi connectivity index (χ3v) is 3.35. The first-order chi connectivity index (χ1) is 6.22. The Balaban J connectivity index is 2.33. The maximum atomic E-state index is 3.55. The van der Waals surface area contributed by atoms with Gasteiger partial charge in [-0.3, -0.25) is 0 Å². The Labute approximate surface area is 90.9 Å². The second-order valence-corrected chi connectivity index (χ2v) is 5.71. The first-order valence-corrected chi connectivity index (χ1v) is 6.46. The van der Waals surface area contributed by atoms with Gasteiger partial charge < -0.3 is 0 Å². The van der Waals surface area contributed by atoms with Crippen molar-refractivity contribution in [2.45, 2.75) is 50.8 Å². The molecule has 1 saturated carbocycles. The zero-order valence-electron chi connectivity index (χ0n) is 8.80. The fourth-order valence-electron chi connectivity index (χ4n) is 2.19. The van der Waals surface area contributed by atoms with Crippen LogP contribution in [0, 0.1) is 11.8 Å². The van der Waals surface area contributed by atoms with Gasteiger partial charge in [0.1, 0.15) is 0 Å². The van der Waals surface area contributed by atoms with E-state index in [0.717, 1.165) is 11.8 Å². The fourth-order valence-corrected chi connectivity index (χ4v) is 2.36. The Morgan fingerprint density at radius 3 is 2.85 bits per heavy atom. The van der Waals surface area contributed by atoms with Crippen molar-refractivity contribution in [3.63, 3.8) is 0 Å². The van der Waals surface area contributed by atoms with Gasteiger partial charge in [0.25, 0.3) is 0 Å². The van der Waals surface area contributed by atoms with Crippen molar-refractivity contribution in [3.05, 3.63) is 12.2 Å². The molecule has 3 unspecified atom stereocenters. The van der Waals surface area contributed by atoms with E-state index in [0.29, 0.717) is 4.83 Å². The van der Waals surface area contributed by atoms with E-state index in [1.807, 2.05) is 0 Å². The molecule has 0 N–H and O–H groups in total. The predicted molar refractivity (Wildman–Crippen MR) is 63.3 cm³/mol. The standard InChI is InChI=1S/C12H21Br/c1-3-11-5-4-6-12(9-11)8-7-10(2)13/h7-8,10-12H,3-6,9H2,1-2H3/b8-7+. The molecule has 0 nitrogen and oxygen atoms in total. The normalized spacial score (nSPS) is 32.2. The van der Waals surface area contributed by atoms with Gasteiger partial charge in [-0.2, -0.15) is 0 Å². The van der Waals surface area contributed by atoms with E-state index in [2.05, 4.69) is 41.9 Å². The molecule has 1 rings (SSSR count). The van der Waals surface area contributed by atoms with Crippen molar-refractivity contribution in [1.29, 1.82) is 0 Å². The Morgan fingerprint density at radius 2 is 2.23 bits per heavy atom. The molecule has 0 radical (unpaired) electrons. The van der Waals surface area contributed by atoms with E-state index in [4.69, 9.17) is 0 Å². The highest BCUT2D eigenvalue weighted by atomic mass is 79.9. The number of hydrogen-bond donors (Lipinski definition) is 0. The van der Waals surface area contributed by atoms with Gasteiger partial charge in [0, 0.05) is 4.83 Å². The quantitative estimate of drug-likeness (QED) is 0.505. The lowest BCUT2D eigenvalue weighted by atomic mass is 9.80. The minimum absolute atomic E-state index is 0.537. The molecule has 76 valence electrons. The zero-order valence-corrected chi connectivity index (χ0v) is 10.4. The van der Waals surface area contributed by atoms with E-state index in [1.165, 1.54) is 32.1 Å². The van der Waals surface area contributed by atoms with Crippen LogP contribution >= 0.6 is 15.9 Å². The first kappa shape index (κ1) is 11.3. The van der Waals surface area contributed by atoms with E-state index >= 15 is 0 Å². The molecule has 0 aromatic rings. The maximum absolute atomic E-state index is 3.55. The van der Waals surface area contributed by atoms with Crippen LogP contribution in [0.25, 0.3) is 0 Å². The smallest absolute Gasteiger partial charge is 0.0297 e. The highest BCUT2D eigenvalue weighted by Gasteiger charge is 2.18. The minimum Gasteiger partial charge on any atom is -0.0848 e. The fraction of sp³-hybridized carbons (Fsp3) is 0.833. The highest BCUT2D eigenvalue weighted by Crippen LogP contribution is 2.31. The number of alkyl halides is 1. The van der Waals surface area contributed by atoms with Crippen LogP contribution in [0.15, 0.2) is 12.2 Å². The van der Waals surface area contributed by atoms with Crippen LogP contribution in [-0.2, 0) is 0 Å². The van der Waals surface area contributed by atoms with Crippen LogP contribution in [0.5, 0.6) is 0 Å². The van der Waals surface area contributed by atoms with E-state index in [1.54, 1.807) is 0 Å². The van der Waals surface area contributed by atoms with Crippen molar-refractivity contribution in [1.82, 2.24) is 0 Å². The Kier molecular flexibility index (Phi) is 5.08. The van der Waals surface area contributed by atoms with Crippen LogP contribution in [0.2, 0.25) is 0 Å². The lowest BCUT2D eigenvalue weighted by Crippen LogP contribution is -2.13. The van der Waals surface area contributed by atoms with Gasteiger partial charge in [-0.25, -0.2) is 0 Å². The largest absolute Gasteiger partial charge is 0.0848 e. The molecule has 0 amide bonds. The van der Waals surface area contributed by atoms with E-state index in [9.17, 15) is 0 Å². The second-order valence-electron chi connectivity index (χ2n) is 4.26. The summed E-state index contributed by atoms with van der Waals surface area (Å²) in [4.78, 5) is 0.537.